The van der Waals surface area contributed by atoms with Crippen LogP contribution in [0, 0.1) is 5.41 Å². The van der Waals surface area contributed by atoms with Crippen molar-refractivity contribution in [2.75, 3.05) is 13.1 Å². The Morgan fingerprint density at radius 1 is 1.44 bits per heavy atom. The molecule has 0 saturated carbocycles. The molecule has 3 N–H and O–H groups in total. The number of amides is 1. The number of carboxylic acid groups (broad SMARTS) is 1. The van der Waals surface area contributed by atoms with Gasteiger partial charge in [0.2, 0.25) is 0 Å². The minimum absolute atomic E-state index is 0.206. The van der Waals surface area contributed by atoms with Gasteiger partial charge in [-0.3, -0.25) is 4.79 Å². The number of carboxylic acids is 1. The summed E-state index contributed by atoms with van der Waals surface area (Å²) >= 11 is 0. The minimum Gasteiger partial charge on any atom is -0.481 e. The Bertz CT molecular complexity index is 350. The van der Waals surface area contributed by atoms with Gasteiger partial charge in [-0.25, -0.2) is 4.79 Å². The second-order valence-electron chi connectivity index (χ2n) is 6.01. The Hall–Kier alpha value is -1.30. The maximum Gasteiger partial charge on any atom is 0.410 e. The van der Waals surface area contributed by atoms with E-state index in [9.17, 15) is 9.59 Å². The van der Waals surface area contributed by atoms with Gasteiger partial charge in [0, 0.05) is 19.1 Å². The number of aliphatic carboxylic acids is 1. The first-order chi connectivity index (χ1) is 8.06. The van der Waals surface area contributed by atoms with Crippen LogP contribution in [0.3, 0.4) is 0 Å². The molecule has 1 aliphatic heterocycles. The van der Waals surface area contributed by atoms with Crippen LogP contribution < -0.4 is 5.73 Å². The number of hydrogen-bond acceptors (Lipinski definition) is 4. The normalized spacial score (nSPS) is 28.9. The van der Waals surface area contributed by atoms with Gasteiger partial charge in [0.1, 0.15) is 5.60 Å². The highest BCUT2D eigenvalue weighted by atomic mass is 16.6. The van der Waals surface area contributed by atoms with E-state index in [1.165, 1.54) is 4.90 Å². The van der Waals surface area contributed by atoms with Crippen LogP contribution in [-0.4, -0.2) is 46.8 Å². The van der Waals surface area contributed by atoms with Crippen molar-refractivity contribution in [1.82, 2.24) is 4.90 Å². The molecule has 1 saturated heterocycles. The summed E-state index contributed by atoms with van der Waals surface area (Å²) in [6.45, 7) is 7.54. The molecule has 1 rings (SSSR count). The summed E-state index contributed by atoms with van der Waals surface area (Å²) < 4.78 is 5.24. The molecule has 1 aliphatic rings. The van der Waals surface area contributed by atoms with E-state index in [4.69, 9.17) is 15.6 Å². The van der Waals surface area contributed by atoms with Crippen LogP contribution in [0.15, 0.2) is 0 Å². The molecule has 1 fully saturated rings. The largest absolute Gasteiger partial charge is 0.481 e. The van der Waals surface area contributed by atoms with Gasteiger partial charge in [0.05, 0.1) is 5.41 Å². The lowest BCUT2D eigenvalue weighted by Gasteiger charge is -2.41. The summed E-state index contributed by atoms with van der Waals surface area (Å²) in [5.41, 5.74) is 4.34. The number of carbonyl (C=O) groups excluding carboxylic acids is 1. The molecule has 0 spiro atoms. The van der Waals surface area contributed by atoms with Crippen molar-refractivity contribution in [2.45, 2.75) is 45.8 Å². The number of carbonyl (C=O) groups is 2. The van der Waals surface area contributed by atoms with E-state index >= 15 is 0 Å². The average molecular weight is 258 g/mol. The summed E-state index contributed by atoms with van der Waals surface area (Å²) in [5.74, 6) is -0.918. The first-order valence-corrected chi connectivity index (χ1v) is 6.03. The van der Waals surface area contributed by atoms with E-state index < -0.39 is 29.1 Å². The molecule has 104 valence electrons. The van der Waals surface area contributed by atoms with Crippen LogP contribution in [0.4, 0.5) is 4.79 Å². The van der Waals surface area contributed by atoms with Gasteiger partial charge in [0.15, 0.2) is 0 Å². The first-order valence-electron chi connectivity index (χ1n) is 6.03. The van der Waals surface area contributed by atoms with Crippen LogP contribution in [-0.2, 0) is 9.53 Å². The van der Waals surface area contributed by atoms with Crippen LogP contribution >= 0.6 is 0 Å². The van der Waals surface area contributed by atoms with Crippen molar-refractivity contribution in [3.63, 3.8) is 0 Å². The topological polar surface area (TPSA) is 92.9 Å². The Morgan fingerprint density at radius 2 is 2.00 bits per heavy atom. The lowest BCUT2D eigenvalue weighted by Crippen LogP contribution is -2.58. The Kier molecular flexibility index (Phi) is 3.90. The minimum atomic E-state index is -0.974. The predicted molar refractivity (Wildman–Crippen MR) is 66.1 cm³/mol. The van der Waals surface area contributed by atoms with E-state index in [2.05, 4.69) is 0 Å². The number of rotatable bonds is 1. The zero-order chi connectivity index (χ0) is 14.1. The lowest BCUT2D eigenvalue weighted by molar-refractivity contribution is -0.151. The summed E-state index contributed by atoms with van der Waals surface area (Å²) in [5, 5.41) is 9.16. The molecule has 18 heavy (non-hydrogen) atoms. The van der Waals surface area contributed by atoms with Crippen molar-refractivity contribution in [2.24, 2.45) is 11.1 Å². The van der Waals surface area contributed by atoms with E-state index in [0.29, 0.717) is 13.0 Å². The van der Waals surface area contributed by atoms with Crippen LogP contribution in [0.5, 0.6) is 0 Å². The molecule has 0 bridgehead atoms. The Morgan fingerprint density at radius 3 is 2.39 bits per heavy atom. The third-order valence-electron chi connectivity index (χ3n) is 3.28. The van der Waals surface area contributed by atoms with E-state index in [1.54, 1.807) is 27.7 Å². The molecule has 6 nitrogen and oxygen atoms in total. The Balaban J connectivity index is 2.67. The van der Waals surface area contributed by atoms with Gasteiger partial charge >= 0.3 is 12.1 Å². The van der Waals surface area contributed by atoms with Crippen molar-refractivity contribution in [1.29, 1.82) is 0 Å². The standard InChI is InChI=1S/C12H22N2O4/c1-11(2,3)18-10(17)14-6-5-12(4,9(15)16)8(13)7-14/h8H,5-7,13H2,1-4H3,(H,15,16). The van der Waals surface area contributed by atoms with E-state index in [0.717, 1.165) is 0 Å². The van der Waals surface area contributed by atoms with Crippen molar-refractivity contribution >= 4 is 12.1 Å². The van der Waals surface area contributed by atoms with Gasteiger partial charge in [-0.2, -0.15) is 0 Å². The number of piperidine rings is 1. The summed E-state index contributed by atoms with van der Waals surface area (Å²) in [4.78, 5) is 24.5. The molecular formula is C12H22N2O4. The number of nitrogens with zero attached hydrogens (tertiary/aromatic N) is 1. The summed E-state index contributed by atoms with van der Waals surface area (Å²) in [7, 11) is 0. The zero-order valence-electron chi connectivity index (χ0n) is 11.4. The Labute approximate surface area is 107 Å². The van der Waals surface area contributed by atoms with Crippen LogP contribution in [0.1, 0.15) is 34.1 Å². The molecule has 2 unspecified atom stereocenters. The maximum atomic E-state index is 11.8. The summed E-state index contributed by atoms with van der Waals surface area (Å²) in [6.07, 6.45) is -0.103. The molecule has 0 aromatic carbocycles. The molecule has 0 aliphatic carbocycles. The third kappa shape index (κ3) is 3.13. The lowest BCUT2D eigenvalue weighted by atomic mass is 9.77. The molecule has 1 heterocycles. The second kappa shape index (κ2) is 4.76. The van der Waals surface area contributed by atoms with Crippen LogP contribution in [0.2, 0.25) is 0 Å². The third-order valence-corrected chi connectivity index (χ3v) is 3.28. The molecular weight excluding hydrogens is 236 g/mol. The fraction of sp³-hybridized carbons (Fsp3) is 0.833. The molecule has 2 atom stereocenters. The summed E-state index contributed by atoms with van der Waals surface area (Å²) in [6, 6.07) is -0.587. The fourth-order valence-corrected chi connectivity index (χ4v) is 1.84. The molecule has 0 aromatic rings. The smallest absolute Gasteiger partial charge is 0.410 e. The molecule has 6 heteroatoms. The van der Waals surface area contributed by atoms with Crippen molar-refractivity contribution in [3.05, 3.63) is 0 Å². The number of ether oxygens (including phenoxy) is 1. The highest BCUT2D eigenvalue weighted by Crippen LogP contribution is 2.30. The van der Waals surface area contributed by atoms with Gasteiger partial charge in [0.25, 0.3) is 0 Å². The number of hydrogen-bond donors (Lipinski definition) is 2. The molecule has 1 amide bonds. The van der Waals surface area contributed by atoms with E-state index in [1.807, 2.05) is 0 Å². The van der Waals surface area contributed by atoms with Gasteiger partial charge in [-0.1, -0.05) is 0 Å². The second-order valence-corrected chi connectivity index (χ2v) is 6.01. The number of nitrogens with two attached hydrogens (primary N) is 1. The fourth-order valence-electron chi connectivity index (χ4n) is 1.84. The SMILES string of the molecule is CC(C)(C)OC(=O)N1CCC(C)(C(=O)O)C(N)C1. The molecule has 0 radical (unpaired) electrons. The zero-order valence-corrected chi connectivity index (χ0v) is 11.4. The maximum absolute atomic E-state index is 11.8. The average Bonchev–Trinajstić information content (AvgIpc) is 2.19. The monoisotopic (exact) mass is 258 g/mol. The first kappa shape index (κ1) is 14.8. The van der Waals surface area contributed by atoms with Gasteiger partial charge in [-0.15, -0.1) is 0 Å². The van der Waals surface area contributed by atoms with Crippen molar-refractivity contribution < 1.29 is 19.4 Å². The highest BCUT2D eigenvalue weighted by Gasteiger charge is 2.45. The highest BCUT2D eigenvalue weighted by molar-refractivity contribution is 5.76. The quantitative estimate of drug-likeness (QED) is 0.733. The van der Waals surface area contributed by atoms with Gasteiger partial charge in [-0.05, 0) is 34.1 Å². The number of likely N-dealkylation sites (tertiary alicyclic amines) is 1. The van der Waals surface area contributed by atoms with Crippen LogP contribution in [0.25, 0.3) is 0 Å². The predicted octanol–water partition coefficient (Wildman–Crippen LogP) is 1.05. The van der Waals surface area contributed by atoms with Gasteiger partial charge < -0.3 is 20.5 Å². The molecule has 0 aromatic heterocycles. The van der Waals surface area contributed by atoms with E-state index in [-0.39, 0.29) is 6.54 Å². The van der Waals surface area contributed by atoms with Crippen molar-refractivity contribution in [3.8, 4) is 0 Å².